The molecule has 0 fully saturated rings. The quantitative estimate of drug-likeness (QED) is 0.248. The van der Waals surface area contributed by atoms with Gasteiger partial charge < -0.3 is 20.5 Å². The number of nitrogens with one attached hydrogen (secondary N) is 2. The molecule has 0 bridgehead atoms. The summed E-state index contributed by atoms with van der Waals surface area (Å²) < 4.78 is 7.04. The minimum Gasteiger partial charge on any atom is -0.444 e. The maximum Gasteiger partial charge on any atom is 0.407 e. The Labute approximate surface area is 224 Å². The molecule has 3 N–H and O–H groups in total. The van der Waals surface area contributed by atoms with Gasteiger partial charge in [-0.3, -0.25) is 4.68 Å². The Bertz CT molecular complexity index is 1220. The highest BCUT2D eigenvalue weighted by Crippen LogP contribution is 2.41. The molecular formula is C31H36N4O3. The number of benzene rings is 3. The third-order valence-corrected chi connectivity index (χ3v) is 6.34. The van der Waals surface area contributed by atoms with Gasteiger partial charge in [0.2, 0.25) is 0 Å². The summed E-state index contributed by atoms with van der Waals surface area (Å²) in [6.07, 6.45) is 0.604. The summed E-state index contributed by atoms with van der Waals surface area (Å²) in [6.45, 7) is 5.69. The monoisotopic (exact) mass is 512 g/mol. The van der Waals surface area contributed by atoms with Crippen LogP contribution in [0.1, 0.15) is 55.5 Å². The number of aliphatic hydroxyl groups is 1. The molecule has 0 radical (unpaired) electrons. The lowest BCUT2D eigenvalue weighted by Gasteiger charge is -2.38. The van der Waals surface area contributed by atoms with Crippen molar-refractivity contribution in [2.24, 2.45) is 7.05 Å². The predicted molar refractivity (Wildman–Crippen MR) is 150 cm³/mol. The van der Waals surface area contributed by atoms with Gasteiger partial charge in [-0.25, -0.2) is 4.79 Å². The van der Waals surface area contributed by atoms with Crippen LogP contribution in [0.25, 0.3) is 0 Å². The van der Waals surface area contributed by atoms with Crippen LogP contribution in [0.2, 0.25) is 0 Å². The van der Waals surface area contributed by atoms with Crippen molar-refractivity contribution in [2.45, 2.75) is 44.4 Å². The van der Waals surface area contributed by atoms with Crippen molar-refractivity contribution < 1.29 is 14.6 Å². The van der Waals surface area contributed by atoms with Gasteiger partial charge >= 0.3 is 6.09 Å². The molecule has 1 unspecified atom stereocenters. The number of aromatic nitrogens is 2. The van der Waals surface area contributed by atoms with Crippen LogP contribution in [-0.2, 0) is 17.3 Å². The molecule has 1 amide bonds. The first-order valence-corrected chi connectivity index (χ1v) is 12.8. The van der Waals surface area contributed by atoms with E-state index in [0.717, 1.165) is 16.7 Å². The zero-order valence-corrected chi connectivity index (χ0v) is 22.4. The normalized spacial score (nSPS) is 12.6. The highest BCUT2D eigenvalue weighted by atomic mass is 16.6. The summed E-state index contributed by atoms with van der Waals surface area (Å²) in [6, 6.07) is 30.8. The van der Waals surface area contributed by atoms with E-state index in [1.165, 1.54) is 0 Å². The number of hydrogen-bond acceptors (Lipinski definition) is 5. The zero-order valence-electron chi connectivity index (χ0n) is 22.4. The summed E-state index contributed by atoms with van der Waals surface area (Å²) in [5, 5.41) is 22.2. The van der Waals surface area contributed by atoms with Crippen molar-refractivity contribution in [1.29, 1.82) is 0 Å². The molecule has 0 saturated heterocycles. The molecule has 7 nitrogen and oxygen atoms in total. The SMILES string of the molecule is Cn1ncc(C(O)CCNC(=O)OC(C)(C)C)c1NC(c1ccccc1)(c1ccccc1)c1ccccc1. The summed E-state index contributed by atoms with van der Waals surface area (Å²) in [4.78, 5) is 12.1. The van der Waals surface area contributed by atoms with E-state index in [1.807, 2.05) is 82.4 Å². The van der Waals surface area contributed by atoms with Crippen LogP contribution in [0.15, 0.2) is 97.2 Å². The lowest BCUT2D eigenvalue weighted by molar-refractivity contribution is 0.0518. The first kappa shape index (κ1) is 26.9. The fourth-order valence-electron chi connectivity index (χ4n) is 4.59. The van der Waals surface area contributed by atoms with E-state index in [-0.39, 0.29) is 6.54 Å². The minimum atomic E-state index is -0.860. The summed E-state index contributed by atoms with van der Waals surface area (Å²) in [5.41, 5.74) is 2.44. The van der Waals surface area contributed by atoms with Crippen LogP contribution < -0.4 is 10.6 Å². The largest absolute Gasteiger partial charge is 0.444 e. The minimum absolute atomic E-state index is 0.256. The average Bonchev–Trinajstić information content (AvgIpc) is 3.27. The molecule has 38 heavy (non-hydrogen) atoms. The van der Waals surface area contributed by atoms with Crippen molar-refractivity contribution in [1.82, 2.24) is 15.1 Å². The number of alkyl carbamates (subject to hydrolysis) is 1. The Balaban J connectivity index is 1.71. The number of ether oxygens (including phenoxy) is 1. The Hall–Kier alpha value is -4.10. The number of aliphatic hydroxyl groups excluding tert-OH is 1. The van der Waals surface area contributed by atoms with Gasteiger partial charge in [0.15, 0.2) is 0 Å². The predicted octanol–water partition coefficient (Wildman–Crippen LogP) is 5.77. The Kier molecular flexibility index (Phi) is 8.17. The number of carbonyl (C=O) groups is 1. The molecular weight excluding hydrogens is 476 g/mol. The lowest BCUT2D eigenvalue weighted by atomic mass is 9.77. The third-order valence-electron chi connectivity index (χ3n) is 6.34. The molecule has 1 aromatic heterocycles. The molecule has 198 valence electrons. The molecule has 0 saturated carbocycles. The lowest BCUT2D eigenvalue weighted by Crippen LogP contribution is -2.39. The summed E-state index contributed by atoms with van der Waals surface area (Å²) in [7, 11) is 1.85. The van der Waals surface area contributed by atoms with E-state index in [9.17, 15) is 9.90 Å². The van der Waals surface area contributed by atoms with Crippen molar-refractivity contribution in [3.63, 3.8) is 0 Å². The van der Waals surface area contributed by atoms with Crippen molar-refractivity contribution in [2.75, 3.05) is 11.9 Å². The molecule has 7 heteroatoms. The maximum atomic E-state index is 12.1. The van der Waals surface area contributed by atoms with Gasteiger partial charge in [-0.1, -0.05) is 91.0 Å². The zero-order chi connectivity index (χ0) is 27.2. The summed E-state index contributed by atoms with van der Waals surface area (Å²) in [5.74, 6) is 0.686. The molecule has 0 spiro atoms. The maximum absolute atomic E-state index is 12.1. The van der Waals surface area contributed by atoms with E-state index < -0.39 is 23.3 Å². The van der Waals surface area contributed by atoms with Crippen molar-refractivity contribution in [3.05, 3.63) is 119 Å². The number of carbonyl (C=O) groups excluding carboxylic acids is 1. The van der Waals surface area contributed by atoms with Gasteiger partial charge in [-0.05, 0) is 43.9 Å². The van der Waals surface area contributed by atoms with Crippen molar-refractivity contribution >= 4 is 11.9 Å². The topological polar surface area (TPSA) is 88.4 Å². The molecule has 0 aliphatic heterocycles. The van der Waals surface area contributed by atoms with Gasteiger partial charge in [0.25, 0.3) is 0 Å². The molecule has 4 aromatic rings. The standard InChI is InChI=1S/C31H36N4O3/c1-30(2,3)38-29(37)32-21-20-27(36)26-22-33-35(4)28(26)34-31(23-14-8-5-9-15-23,24-16-10-6-11-17-24)25-18-12-7-13-19-25/h5-19,22,27,34,36H,20-21H2,1-4H3,(H,32,37). The van der Waals surface area contributed by atoms with E-state index in [0.29, 0.717) is 17.8 Å². The first-order valence-electron chi connectivity index (χ1n) is 12.8. The highest BCUT2D eigenvalue weighted by molar-refractivity contribution is 5.67. The van der Waals surface area contributed by atoms with Crippen molar-refractivity contribution in [3.8, 4) is 0 Å². The van der Waals surface area contributed by atoms with Crippen LogP contribution in [0, 0.1) is 0 Å². The van der Waals surface area contributed by atoms with E-state index >= 15 is 0 Å². The first-order chi connectivity index (χ1) is 18.2. The molecule has 0 aliphatic carbocycles. The van der Waals surface area contributed by atoms with E-state index in [1.54, 1.807) is 10.9 Å². The van der Waals surface area contributed by atoms with E-state index in [2.05, 4.69) is 52.1 Å². The van der Waals surface area contributed by atoms with Crippen LogP contribution in [-0.4, -0.2) is 33.1 Å². The van der Waals surface area contributed by atoms with Gasteiger partial charge in [0, 0.05) is 19.2 Å². The Morgan fingerprint density at radius 3 is 1.82 bits per heavy atom. The van der Waals surface area contributed by atoms with Gasteiger partial charge in [-0.15, -0.1) is 0 Å². The number of aryl methyl sites for hydroxylation is 1. The molecule has 4 rings (SSSR count). The second-order valence-corrected chi connectivity index (χ2v) is 10.3. The number of hydrogen-bond donors (Lipinski definition) is 3. The second kappa shape index (κ2) is 11.5. The fourth-order valence-corrected chi connectivity index (χ4v) is 4.59. The smallest absolute Gasteiger partial charge is 0.407 e. The van der Waals surface area contributed by atoms with Crippen LogP contribution in [0.5, 0.6) is 0 Å². The van der Waals surface area contributed by atoms with E-state index in [4.69, 9.17) is 4.74 Å². The number of rotatable bonds is 9. The van der Waals surface area contributed by atoms with Crippen LogP contribution in [0.3, 0.4) is 0 Å². The Morgan fingerprint density at radius 2 is 1.37 bits per heavy atom. The number of amides is 1. The van der Waals surface area contributed by atoms with Gasteiger partial charge in [0.1, 0.15) is 17.0 Å². The molecule has 1 heterocycles. The van der Waals surface area contributed by atoms with Crippen LogP contribution >= 0.6 is 0 Å². The number of anilines is 1. The molecule has 1 atom stereocenters. The van der Waals surface area contributed by atoms with Gasteiger partial charge in [-0.2, -0.15) is 5.10 Å². The molecule has 3 aromatic carbocycles. The number of nitrogens with zero attached hydrogens (tertiary/aromatic N) is 2. The van der Waals surface area contributed by atoms with Gasteiger partial charge in [0.05, 0.1) is 12.3 Å². The fraction of sp³-hybridized carbons (Fsp3) is 0.290. The highest BCUT2D eigenvalue weighted by Gasteiger charge is 2.38. The molecule has 0 aliphatic rings. The average molecular weight is 513 g/mol. The summed E-state index contributed by atoms with van der Waals surface area (Å²) >= 11 is 0. The second-order valence-electron chi connectivity index (χ2n) is 10.3. The van der Waals surface area contributed by atoms with Crippen LogP contribution in [0.4, 0.5) is 10.6 Å². The third kappa shape index (κ3) is 6.06. The Morgan fingerprint density at radius 1 is 0.895 bits per heavy atom.